The van der Waals surface area contributed by atoms with Gasteiger partial charge in [0.05, 0.1) is 11.9 Å². The van der Waals surface area contributed by atoms with Crippen LogP contribution in [0.5, 0.6) is 0 Å². The second kappa shape index (κ2) is 6.39. The molecular formula is C16H22N4O2S. The molecule has 2 aromatic rings. The summed E-state index contributed by atoms with van der Waals surface area (Å²) in [7, 11) is -1.55. The second-order valence-corrected chi connectivity index (χ2v) is 8.42. The minimum atomic E-state index is -3.26. The van der Waals surface area contributed by atoms with Crippen molar-refractivity contribution >= 4 is 9.84 Å². The average Bonchev–Trinajstić information content (AvgIpc) is 2.94. The summed E-state index contributed by atoms with van der Waals surface area (Å²) in [6.07, 6.45) is 8.52. The normalized spacial score (nSPS) is 16.6. The Kier molecular flexibility index (Phi) is 4.48. The third kappa shape index (κ3) is 3.77. The van der Waals surface area contributed by atoms with Crippen molar-refractivity contribution < 1.29 is 8.42 Å². The molecule has 0 amide bonds. The highest BCUT2D eigenvalue weighted by atomic mass is 32.2. The first-order chi connectivity index (χ1) is 10.9. The van der Waals surface area contributed by atoms with Gasteiger partial charge in [-0.15, -0.1) is 10.2 Å². The lowest BCUT2D eigenvalue weighted by atomic mass is 9.84. The van der Waals surface area contributed by atoms with Crippen LogP contribution < -0.4 is 0 Å². The molecule has 0 atom stereocenters. The van der Waals surface area contributed by atoms with Crippen LogP contribution in [0.1, 0.15) is 37.7 Å². The lowest BCUT2D eigenvalue weighted by molar-refractivity contribution is 0.357. The smallest absolute Gasteiger partial charge is 0.205 e. The van der Waals surface area contributed by atoms with E-state index in [0.29, 0.717) is 16.6 Å². The highest BCUT2D eigenvalue weighted by molar-refractivity contribution is 7.90. The fourth-order valence-electron chi connectivity index (χ4n) is 3.27. The average molecular weight is 334 g/mol. The van der Waals surface area contributed by atoms with Crippen LogP contribution in [0.3, 0.4) is 0 Å². The van der Waals surface area contributed by atoms with Gasteiger partial charge in [0.1, 0.15) is 0 Å². The van der Waals surface area contributed by atoms with Gasteiger partial charge in [0, 0.05) is 11.8 Å². The number of aryl methyl sites for hydroxylation is 1. The van der Waals surface area contributed by atoms with Gasteiger partial charge in [-0.25, -0.2) is 8.42 Å². The molecule has 1 aromatic carbocycles. The molecule has 0 unspecified atom stereocenters. The minimum absolute atomic E-state index is 0.298. The van der Waals surface area contributed by atoms with E-state index in [4.69, 9.17) is 0 Å². The van der Waals surface area contributed by atoms with Crippen molar-refractivity contribution in [1.29, 1.82) is 0 Å². The highest BCUT2D eigenvalue weighted by Gasteiger charge is 2.20. The van der Waals surface area contributed by atoms with Crippen LogP contribution in [0.2, 0.25) is 0 Å². The Balaban J connectivity index is 2.00. The van der Waals surface area contributed by atoms with Crippen LogP contribution in [0.25, 0.3) is 11.4 Å². The fourth-order valence-corrected chi connectivity index (χ4v) is 3.91. The molecular weight excluding hydrogens is 312 g/mol. The molecule has 0 bridgehead atoms. The van der Waals surface area contributed by atoms with Crippen LogP contribution in [-0.2, 0) is 23.3 Å². The third-order valence-electron chi connectivity index (χ3n) is 4.49. The molecule has 124 valence electrons. The molecule has 0 radical (unpaired) electrons. The van der Waals surface area contributed by atoms with E-state index in [0.717, 1.165) is 17.5 Å². The van der Waals surface area contributed by atoms with Crippen molar-refractivity contribution in [2.75, 3.05) is 6.26 Å². The van der Waals surface area contributed by atoms with Gasteiger partial charge in [0.25, 0.3) is 0 Å². The summed E-state index contributed by atoms with van der Waals surface area (Å²) in [4.78, 5) is 1.69. The number of sulfone groups is 1. The minimum Gasteiger partial charge on any atom is -0.224 e. The first kappa shape index (κ1) is 16.1. The molecule has 0 aliphatic heterocycles. The van der Waals surface area contributed by atoms with Crippen LogP contribution in [0, 0.1) is 5.92 Å². The fraction of sp³-hybridized carbons (Fsp3) is 0.562. The number of aromatic nitrogens is 4. The zero-order valence-electron chi connectivity index (χ0n) is 13.6. The van der Waals surface area contributed by atoms with Gasteiger partial charge < -0.3 is 0 Å². The summed E-state index contributed by atoms with van der Waals surface area (Å²) < 4.78 is 23.7. The van der Waals surface area contributed by atoms with Crippen molar-refractivity contribution in [2.24, 2.45) is 13.0 Å². The number of tetrazole rings is 1. The standard InChI is InChI=1S/C16H22N4O2S/c1-20-18-16(17-19-20)15-11-14(23(2,21)22)9-8-13(15)10-12-6-4-3-5-7-12/h8-9,11-12H,3-7,10H2,1-2H3. The number of hydrogen-bond donors (Lipinski definition) is 0. The Labute approximate surface area is 136 Å². The number of rotatable bonds is 4. The summed E-state index contributed by atoms with van der Waals surface area (Å²) in [6, 6.07) is 5.29. The van der Waals surface area contributed by atoms with Gasteiger partial charge >= 0.3 is 0 Å². The van der Waals surface area contributed by atoms with E-state index in [9.17, 15) is 8.42 Å². The Morgan fingerprint density at radius 3 is 2.57 bits per heavy atom. The Hall–Kier alpha value is -1.76. The summed E-state index contributed by atoms with van der Waals surface area (Å²) in [5.74, 6) is 1.15. The second-order valence-electron chi connectivity index (χ2n) is 6.40. The molecule has 1 fully saturated rings. The number of nitrogens with zero attached hydrogens (tertiary/aromatic N) is 4. The highest BCUT2D eigenvalue weighted by Crippen LogP contribution is 2.31. The molecule has 1 heterocycles. The van der Waals surface area contributed by atoms with Crippen LogP contribution in [0.15, 0.2) is 23.1 Å². The lowest BCUT2D eigenvalue weighted by Crippen LogP contribution is -2.10. The van der Waals surface area contributed by atoms with Crippen LogP contribution in [-0.4, -0.2) is 34.9 Å². The first-order valence-electron chi connectivity index (χ1n) is 8.01. The topological polar surface area (TPSA) is 77.7 Å². The zero-order chi connectivity index (χ0) is 16.4. The van der Waals surface area contributed by atoms with Crippen molar-refractivity contribution in [3.05, 3.63) is 23.8 Å². The molecule has 1 aromatic heterocycles. The number of benzene rings is 1. The molecule has 0 spiro atoms. The van der Waals surface area contributed by atoms with Crippen molar-refractivity contribution in [2.45, 2.75) is 43.4 Å². The monoisotopic (exact) mass is 334 g/mol. The molecule has 1 aliphatic rings. The van der Waals surface area contributed by atoms with E-state index in [1.807, 2.05) is 6.07 Å². The van der Waals surface area contributed by atoms with E-state index >= 15 is 0 Å². The van der Waals surface area contributed by atoms with Gasteiger partial charge in [0.15, 0.2) is 9.84 Å². The maximum atomic E-state index is 11.9. The van der Waals surface area contributed by atoms with E-state index in [2.05, 4.69) is 15.4 Å². The van der Waals surface area contributed by atoms with E-state index in [1.54, 1.807) is 19.2 Å². The van der Waals surface area contributed by atoms with Gasteiger partial charge in [-0.05, 0) is 35.2 Å². The largest absolute Gasteiger partial charge is 0.224 e. The molecule has 3 rings (SSSR count). The summed E-state index contributed by atoms with van der Waals surface area (Å²) in [5.41, 5.74) is 1.89. The van der Waals surface area contributed by atoms with E-state index < -0.39 is 9.84 Å². The summed E-state index contributed by atoms with van der Waals surface area (Å²) >= 11 is 0. The Morgan fingerprint density at radius 1 is 1.22 bits per heavy atom. The molecule has 0 saturated heterocycles. The maximum absolute atomic E-state index is 11.9. The predicted octanol–water partition coefficient (Wildman–Crippen LogP) is 2.40. The summed E-state index contributed by atoms with van der Waals surface area (Å²) in [6.45, 7) is 0. The molecule has 1 saturated carbocycles. The number of hydrogen-bond acceptors (Lipinski definition) is 5. The molecule has 7 heteroatoms. The summed E-state index contributed by atoms with van der Waals surface area (Å²) in [5, 5.41) is 12.2. The van der Waals surface area contributed by atoms with Crippen LogP contribution >= 0.6 is 0 Å². The molecule has 0 N–H and O–H groups in total. The van der Waals surface area contributed by atoms with Gasteiger partial charge in [-0.2, -0.15) is 4.80 Å². The zero-order valence-corrected chi connectivity index (χ0v) is 14.4. The SMILES string of the molecule is Cn1nnc(-c2cc(S(C)(=O)=O)ccc2CC2CCCCC2)n1. The molecule has 23 heavy (non-hydrogen) atoms. The van der Waals surface area contributed by atoms with Crippen molar-refractivity contribution in [1.82, 2.24) is 20.2 Å². The van der Waals surface area contributed by atoms with Gasteiger partial charge in [-0.1, -0.05) is 38.2 Å². The Bertz CT molecular complexity index is 792. The van der Waals surface area contributed by atoms with Gasteiger partial charge in [-0.3, -0.25) is 0 Å². The van der Waals surface area contributed by atoms with E-state index in [1.165, 1.54) is 43.2 Å². The third-order valence-corrected chi connectivity index (χ3v) is 5.60. The lowest BCUT2D eigenvalue weighted by Gasteiger charge is -2.22. The van der Waals surface area contributed by atoms with E-state index in [-0.39, 0.29) is 0 Å². The van der Waals surface area contributed by atoms with Gasteiger partial charge in [0.2, 0.25) is 5.82 Å². The Morgan fingerprint density at radius 2 is 1.96 bits per heavy atom. The predicted molar refractivity (Wildman–Crippen MR) is 87.6 cm³/mol. The molecule has 6 nitrogen and oxygen atoms in total. The maximum Gasteiger partial charge on any atom is 0.205 e. The first-order valence-corrected chi connectivity index (χ1v) is 9.90. The quantitative estimate of drug-likeness (QED) is 0.858. The molecule has 1 aliphatic carbocycles. The van der Waals surface area contributed by atoms with Crippen LogP contribution in [0.4, 0.5) is 0 Å². The van der Waals surface area contributed by atoms with Crippen molar-refractivity contribution in [3.63, 3.8) is 0 Å². The van der Waals surface area contributed by atoms with Crippen molar-refractivity contribution in [3.8, 4) is 11.4 Å².